The smallest absolute Gasteiger partial charge is 0.329 e. The molecule has 1 fully saturated rings. The van der Waals surface area contributed by atoms with Crippen LogP contribution in [-0.4, -0.2) is 51.2 Å². The molecular formula is C23H25N7O2. The van der Waals surface area contributed by atoms with Crippen molar-refractivity contribution in [1.29, 1.82) is 0 Å². The fourth-order valence-corrected chi connectivity index (χ4v) is 4.21. The van der Waals surface area contributed by atoms with E-state index >= 15 is 0 Å². The van der Waals surface area contributed by atoms with Crippen molar-refractivity contribution in [3.05, 3.63) is 48.5 Å². The van der Waals surface area contributed by atoms with Gasteiger partial charge in [0.25, 0.3) is 0 Å². The number of pyridine rings is 2. The number of rotatable bonds is 4. The molecule has 2 aliphatic heterocycles. The summed E-state index contributed by atoms with van der Waals surface area (Å²) in [5.74, 6) is 1.37. The standard InChI is InChI=1S/C23H25N7O2/c1-14(2)32-21-12-24-11-20(27-21)28-23(31)30-17-7-9-29(13-17)19-5-4-18(26-22(19)30)16-6-8-25-15(3)10-16/h4-6,8,10-12,14,17H,7,9,13H2,1-3H3,(H,27,28,31)/t17-/m0/s1. The van der Waals surface area contributed by atoms with Gasteiger partial charge in [0.05, 0.1) is 35.9 Å². The van der Waals surface area contributed by atoms with Gasteiger partial charge in [0, 0.05) is 30.5 Å². The first-order valence-electron chi connectivity index (χ1n) is 10.8. The zero-order valence-electron chi connectivity index (χ0n) is 18.3. The zero-order chi connectivity index (χ0) is 22.2. The Kier molecular flexibility index (Phi) is 5.08. The largest absolute Gasteiger partial charge is 0.474 e. The lowest BCUT2D eigenvalue weighted by atomic mass is 10.1. The van der Waals surface area contributed by atoms with Crippen LogP contribution in [-0.2, 0) is 0 Å². The number of amides is 2. The topological polar surface area (TPSA) is 96.4 Å². The molecule has 1 N–H and O–H groups in total. The molecular weight excluding hydrogens is 406 g/mol. The fourth-order valence-electron chi connectivity index (χ4n) is 4.21. The number of hydrogen-bond acceptors (Lipinski definition) is 7. The number of nitrogens with one attached hydrogen (secondary N) is 1. The number of carbonyl (C=O) groups excluding carboxylic acids is 1. The van der Waals surface area contributed by atoms with Gasteiger partial charge in [-0.25, -0.2) is 9.78 Å². The molecule has 0 unspecified atom stereocenters. The van der Waals surface area contributed by atoms with Crippen molar-refractivity contribution in [2.75, 3.05) is 28.2 Å². The highest BCUT2D eigenvalue weighted by Crippen LogP contribution is 2.40. The van der Waals surface area contributed by atoms with Gasteiger partial charge in [-0.2, -0.15) is 4.98 Å². The van der Waals surface area contributed by atoms with Crippen LogP contribution < -0.4 is 19.9 Å². The van der Waals surface area contributed by atoms with Crippen LogP contribution in [0.1, 0.15) is 26.0 Å². The van der Waals surface area contributed by atoms with Crippen molar-refractivity contribution in [1.82, 2.24) is 19.9 Å². The van der Waals surface area contributed by atoms with Gasteiger partial charge >= 0.3 is 6.03 Å². The summed E-state index contributed by atoms with van der Waals surface area (Å²) in [7, 11) is 0. The average molecular weight is 432 g/mol. The molecule has 1 saturated heterocycles. The minimum absolute atomic E-state index is 0.0341. The van der Waals surface area contributed by atoms with Crippen LogP contribution >= 0.6 is 0 Å². The highest BCUT2D eigenvalue weighted by molar-refractivity contribution is 6.04. The third kappa shape index (κ3) is 3.81. The second-order valence-electron chi connectivity index (χ2n) is 8.32. The van der Waals surface area contributed by atoms with E-state index in [0.29, 0.717) is 17.5 Å². The first-order valence-corrected chi connectivity index (χ1v) is 10.8. The molecule has 9 heteroatoms. The van der Waals surface area contributed by atoms with Gasteiger partial charge in [-0.15, -0.1) is 0 Å². The minimum Gasteiger partial charge on any atom is -0.474 e. The molecule has 5 heterocycles. The zero-order valence-corrected chi connectivity index (χ0v) is 18.3. The predicted octanol–water partition coefficient (Wildman–Crippen LogP) is 3.66. The summed E-state index contributed by atoms with van der Waals surface area (Å²) in [6.07, 6.45) is 5.67. The van der Waals surface area contributed by atoms with Crippen LogP contribution in [0.2, 0.25) is 0 Å². The second kappa shape index (κ2) is 8.07. The normalized spacial score (nSPS) is 16.8. The van der Waals surface area contributed by atoms with Crippen molar-refractivity contribution >= 4 is 23.4 Å². The molecule has 2 bridgehead atoms. The lowest BCUT2D eigenvalue weighted by molar-refractivity contribution is 0.232. The molecule has 0 aromatic carbocycles. The van der Waals surface area contributed by atoms with E-state index in [0.717, 1.165) is 42.1 Å². The van der Waals surface area contributed by atoms with E-state index in [2.05, 4.69) is 25.2 Å². The van der Waals surface area contributed by atoms with Crippen LogP contribution in [0.15, 0.2) is 42.9 Å². The highest BCUT2D eigenvalue weighted by atomic mass is 16.5. The molecule has 0 radical (unpaired) electrons. The molecule has 32 heavy (non-hydrogen) atoms. The van der Waals surface area contributed by atoms with Gasteiger partial charge in [0.2, 0.25) is 5.88 Å². The van der Waals surface area contributed by atoms with Crippen LogP contribution in [0.5, 0.6) is 5.88 Å². The van der Waals surface area contributed by atoms with Gasteiger partial charge in [-0.3, -0.25) is 20.2 Å². The minimum atomic E-state index is -0.274. The molecule has 1 atom stereocenters. The van der Waals surface area contributed by atoms with Gasteiger partial charge in [-0.05, 0) is 51.5 Å². The maximum absolute atomic E-state index is 13.4. The number of urea groups is 1. The maximum Gasteiger partial charge on any atom is 0.329 e. The molecule has 0 spiro atoms. The maximum atomic E-state index is 13.4. The lowest BCUT2D eigenvalue weighted by Crippen LogP contribution is -2.48. The summed E-state index contributed by atoms with van der Waals surface area (Å²) in [4.78, 5) is 35.1. The first-order chi connectivity index (χ1) is 15.5. The summed E-state index contributed by atoms with van der Waals surface area (Å²) in [6, 6.07) is 7.75. The van der Waals surface area contributed by atoms with Gasteiger partial charge in [-0.1, -0.05) is 0 Å². The van der Waals surface area contributed by atoms with Gasteiger partial charge in [0.15, 0.2) is 11.6 Å². The van der Waals surface area contributed by atoms with E-state index in [1.54, 1.807) is 11.1 Å². The van der Waals surface area contributed by atoms with E-state index < -0.39 is 0 Å². The molecule has 164 valence electrons. The fraction of sp³-hybridized carbons (Fsp3) is 0.348. The lowest BCUT2D eigenvalue weighted by Gasteiger charge is -2.35. The van der Waals surface area contributed by atoms with E-state index in [4.69, 9.17) is 9.72 Å². The average Bonchev–Trinajstić information content (AvgIpc) is 3.17. The van der Waals surface area contributed by atoms with Gasteiger partial charge in [0.1, 0.15) is 0 Å². The molecule has 9 nitrogen and oxygen atoms in total. The summed E-state index contributed by atoms with van der Waals surface area (Å²) in [5.41, 5.74) is 3.66. The van der Waals surface area contributed by atoms with E-state index in [1.807, 2.05) is 45.0 Å². The highest BCUT2D eigenvalue weighted by Gasteiger charge is 2.40. The van der Waals surface area contributed by atoms with Crippen molar-refractivity contribution < 1.29 is 9.53 Å². The number of fused-ring (bicyclic) bond motifs is 4. The molecule has 2 amide bonds. The van der Waals surface area contributed by atoms with Crippen LogP contribution in [0.3, 0.4) is 0 Å². The SMILES string of the molecule is Cc1cc(-c2ccc3c(n2)N(C(=O)Nc2cncc(OC(C)C)n2)[C@H]2CCN3C2)ccn1. The Labute approximate surface area is 186 Å². The number of hydrogen-bond donors (Lipinski definition) is 1. The van der Waals surface area contributed by atoms with Crippen LogP contribution in [0.4, 0.5) is 22.1 Å². The quantitative estimate of drug-likeness (QED) is 0.673. The van der Waals surface area contributed by atoms with Crippen molar-refractivity contribution in [2.45, 2.75) is 39.3 Å². The number of carbonyl (C=O) groups is 1. The van der Waals surface area contributed by atoms with Crippen molar-refractivity contribution in [2.24, 2.45) is 0 Å². The number of anilines is 3. The second-order valence-corrected chi connectivity index (χ2v) is 8.32. The third-order valence-corrected chi connectivity index (χ3v) is 5.57. The van der Waals surface area contributed by atoms with E-state index in [9.17, 15) is 4.79 Å². The van der Waals surface area contributed by atoms with Crippen LogP contribution in [0, 0.1) is 6.92 Å². The molecule has 2 aliphatic rings. The molecule has 3 aromatic rings. The monoisotopic (exact) mass is 431 g/mol. The number of aromatic nitrogens is 4. The Hall–Kier alpha value is -3.75. The first kappa shape index (κ1) is 20.2. The Morgan fingerprint density at radius 3 is 2.91 bits per heavy atom. The third-order valence-electron chi connectivity index (χ3n) is 5.57. The summed E-state index contributed by atoms with van der Waals surface area (Å²) in [5, 5.41) is 2.88. The molecule has 0 aliphatic carbocycles. The Morgan fingerprint density at radius 1 is 1.22 bits per heavy atom. The molecule has 5 rings (SSSR count). The van der Waals surface area contributed by atoms with Crippen LogP contribution in [0.25, 0.3) is 11.3 Å². The number of nitrogens with zero attached hydrogens (tertiary/aromatic N) is 6. The van der Waals surface area contributed by atoms with Crippen molar-refractivity contribution in [3.63, 3.8) is 0 Å². The molecule has 3 aromatic heterocycles. The molecule has 0 saturated carbocycles. The van der Waals surface area contributed by atoms with Crippen molar-refractivity contribution in [3.8, 4) is 17.1 Å². The predicted molar refractivity (Wildman–Crippen MR) is 122 cm³/mol. The number of ether oxygens (including phenoxy) is 1. The Bertz CT molecular complexity index is 1170. The van der Waals surface area contributed by atoms with E-state index in [1.165, 1.54) is 12.4 Å². The van der Waals surface area contributed by atoms with E-state index in [-0.39, 0.29) is 18.2 Å². The Balaban J connectivity index is 1.47. The Morgan fingerprint density at radius 2 is 2.09 bits per heavy atom. The summed E-state index contributed by atoms with van der Waals surface area (Å²) >= 11 is 0. The summed E-state index contributed by atoms with van der Waals surface area (Å²) < 4.78 is 5.60. The van der Waals surface area contributed by atoms with Gasteiger partial charge < -0.3 is 9.64 Å². The summed E-state index contributed by atoms with van der Waals surface area (Å²) in [6.45, 7) is 7.46. The number of aryl methyl sites for hydroxylation is 1.